The minimum absolute atomic E-state index is 0.237. The Bertz CT molecular complexity index is 1230. The second-order valence-electron chi connectivity index (χ2n) is 6.58. The predicted molar refractivity (Wildman–Crippen MR) is 120 cm³/mol. The third-order valence-electron chi connectivity index (χ3n) is 4.50. The lowest BCUT2D eigenvalue weighted by Crippen LogP contribution is -2.09. The van der Waals surface area contributed by atoms with Gasteiger partial charge in [-0.3, -0.25) is 4.79 Å². The smallest absolute Gasteiger partial charge is 0.248 e. The van der Waals surface area contributed by atoms with Crippen LogP contribution in [0.5, 0.6) is 5.75 Å². The molecule has 0 saturated heterocycles. The predicted octanol–water partition coefficient (Wildman–Crippen LogP) is 5.62. The molecule has 0 atom stereocenters. The molecule has 7 heteroatoms. The van der Waals surface area contributed by atoms with E-state index in [-0.39, 0.29) is 5.91 Å². The molecule has 4 aromatic rings. The summed E-state index contributed by atoms with van der Waals surface area (Å²) in [6, 6.07) is 14.8. The van der Waals surface area contributed by atoms with Crippen LogP contribution in [-0.4, -0.2) is 23.0 Å². The Labute approximate surface area is 181 Å². The van der Waals surface area contributed by atoms with Crippen molar-refractivity contribution in [1.29, 1.82) is 0 Å². The quantitative estimate of drug-likeness (QED) is 0.388. The molecule has 1 N–H and O–H groups in total. The van der Waals surface area contributed by atoms with E-state index in [1.54, 1.807) is 25.4 Å². The Morgan fingerprint density at radius 3 is 2.83 bits per heavy atom. The van der Waals surface area contributed by atoms with Crippen LogP contribution in [0.1, 0.15) is 11.1 Å². The van der Waals surface area contributed by atoms with E-state index in [1.807, 2.05) is 49.4 Å². The number of anilines is 1. The minimum Gasteiger partial charge on any atom is -0.496 e. The van der Waals surface area contributed by atoms with Gasteiger partial charge in [0.15, 0.2) is 11.2 Å². The molecular formula is C23H18BrN3O3. The SMILES string of the molecule is COc1ccc(Br)cc1/C=C/C(=O)Nc1ccc(-c2nc3ncccc3o2)cc1C. The summed E-state index contributed by atoms with van der Waals surface area (Å²) in [5, 5.41) is 2.90. The van der Waals surface area contributed by atoms with Crippen molar-refractivity contribution in [3.63, 3.8) is 0 Å². The standard InChI is InChI=1S/C23H18BrN3O3/c1-14-12-16(23-27-22-20(30-23)4-3-11-25-22)5-8-18(14)26-21(28)10-6-15-13-17(24)7-9-19(15)29-2/h3-13H,1-2H3,(H,26,28)/b10-6+. The minimum atomic E-state index is -0.237. The normalized spacial score (nSPS) is 11.2. The van der Waals surface area contributed by atoms with Crippen molar-refractivity contribution in [2.45, 2.75) is 6.92 Å². The lowest BCUT2D eigenvalue weighted by Gasteiger charge is -2.08. The summed E-state index contributed by atoms with van der Waals surface area (Å²) in [7, 11) is 1.60. The molecule has 0 unspecified atom stereocenters. The van der Waals surface area contributed by atoms with Gasteiger partial charge in [0.1, 0.15) is 5.75 Å². The van der Waals surface area contributed by atoms with Crippen molar-refractivity contribution in [1.82, 2.24) is 9.97 Å². The molecule has 6 nitrogen and oxygen atoms in total. The Morgan fingerprint density at radius 1 is 1.20 bits per heavy atom. The van der Waals surface area contributed by atoms with Crippen LogP contribution in [0, 0.1) is 6.92 Å². The van der Waals surface area contributed by atoms with Crippen LogP contribution in [0.4, 0.5) is 5.69 Å². The number of hydrogen-bond donors (Lipinski definition) is 1. The number of fused-ring (bicyclic) bond motifs is 1. The first-order valence-corrected chi connectivity index (χ1v) is 9.98. The van der Waals surface area contributed by atoms with Crippen LogP contribution < -0.4 is 10.1 Å². The number of rotatable bonds is 5. The number of carbonyl (C=O) groups is 1. The molecule has 0 radical (unpaired) electrons. The van der Waals surface area contributed by atoms with E-state index in [2.05, 4.69) is 31.2 Å². The van der Waals surface area contributed by atoms with Crippen LogP contribution in [0.15, 0.2) is 69.7 Å². The maximum absolute atomic E-state index is 12.4. The monoisotopic (exact) mass is 463 g/mol. The summed E-state index contributed by atoms with van der Waals surface area (Å²) < 4.78 is 12.0. The van der Waals surface area contributed by atoms with Crippen LogP contribution in [0.2, 0.25) is 0 Å². The van der Waals surface area contributed by atoms with Crippen molar-refractivity contribution in [2.24, 2.45) is 0 Å². The summed E-state index contributed by atoms with van der Waals surface area (Å²) in [5.41, 5.74) is 4.43. The Hall–Kier alpha value is -3.45. The van der Waals surface area contributed by atoms with E-state index >= 15 is 0 Å². The molecule has 0 saturated carbocycles. The van der Waals surface area contributed by atoms with Gasteiger partial charge in [-0.25, -0.2) is 4.98 Å². The molecule has 0 fully saturated rings. The number of nitrogens with one attached hydrogen (secondary N) is 1. The second kappa shape index (κ2) is 8.51. The van der Waals surface area contributed by atoms with Gasteiger partial charge in [0.25, 0.3) is 0 Å². The number of halogens is 1. The zero-order chi connectivity index (χ0) is 21.1. The number of oxazole rings is 1. The van der Waals surface area contributed by atoms with Crippen LogP contribution >= 0.6 is 15.9 Å². The fraction of sp³-hybridized carbons (Fsp3) is 0.0870. The van der Waals surface area contributed by atoms with Gasteiger partial charge >= 0.3 is 0 Å². The van der Waals surface area contributed by atoms with E-state index in [9.17, 15) is 4.79 Å². The van der Waals surface area contributed by atoms with Gasteiger partial charge in [-0.15, -0.1) is 0 Å². The van der Waals surface area contributed by atoms with Gasteiger partial charge in [0, 0.05) is 33.6 Å². The number of hydrogen-bond acceptors (Lipinski definition) is 5. The highest BCUT2D eigenvalue weighted by Crippen LogP contribution is 2.27. The summed E-state index contributed by atoms with van der Waals surface area (Å²) in [4.78, 5) is 21.0. The molecule has 2 aromatic carbocycles. The van der Waals surface area contributed by atoms with E-state index in [0.717, 1.165) is 21.2 Å². The molecule has 0 spiro atoms. The van der Waals surface area contributed by atoms with Crippen LogP contribution in [0.3, 0.4) is 0 Å². The maximum atomic E-state index is 12.4. The van der Waals surface area contributed by atoms with E-state index in [0.29, 0.717) is 28.6 Å². The molecule has 0 aliphatic heterocycles. The zero-order valence-electron chi connectivity index (χ0n) is 16.3. The first-order chi connectivity index (χ1) is 14.5. The molecular weight excluding hydrogens is 446 g/mol. The van der Waals surface area contributed by atoms with Gasteiger partial charge in [-0.05, 0) is 67.1 Å². The molecule has 1 amide bonds. The fourth-order valence-corrected chi connectivity index (χ4v) is 3.38. The van der Waals surface area contributed by atoms with Crippen molar-refractivity contribution >= 4 is 44.8 Å². The van der Waals surface area contributed by atoms with Crippen LogP contribution in [0.25, 0.3) is 28.8 Å². The summed E-state index contributed by atoms with van der Waals surface area (Å²) in [6.45, 7) is 1.92. The maximum Gasteiger partial charge on any atom is 0.248 e. The molecule has 30 heavy (non-hydrogen) atoms. The number of methoxy groups -OCH3 is 1. The molecule has 4 rings (SSSR count). The Morgan fingerprint density at radius 2 is 2.07 bits per heavy atom. The number of benzene rings is 2. The number of ether oxygens (including phenoxy) is 1. The topological polar surface area (TPSA) is 77.2 Å². The zero-order valence-corrected chi connectivity index (χ0v) is 17.9. The highest BCUT2D eigenvalue weighted by Gasteiger charge is 2.11. The van der Waals surface area contributed by atoms with Gasteiger partial charge in [0.05, 0.1) is 7.11 Å². The third kappa shape index (κ3) is 4.26. The number of aryl methyl sites for hydroxylation is 1. The van der Waals surface area contributed by atoms with Gasteiger partial charge < -0.3 is 14.5 Å². The molecule has 0 aliphatic rings. The van der Waals surface area contributed by atoms with Gasteiger partial charge in [0.2, 0.25) is 11.8 Å². The first-order valence-electron chi connectivity index (χ1n) is 9.18. The van der Waals surface area contributed by atoms with Crippen molar-refractivity contribution in [3.05, 3.63) is 76.4 Å². The first kappa shape index (κ1) is 19.8. The highest BCUT2D eigenvalue weighted by atomic mass is 79.9. The largest absolute Gasteiger partial charge is 0.496 e. The van der Waals surface area contributed by atoms with Crippen molar-refractivity contribution in [2.75, 3.05) is 12.4 Å². The van der Waals surface area contributed by atoms with Crippen molar-refractivity contribution < 1.29 is 13.9 Å². The number of pyridine rings is 1. The molecule has 0 aliphatic carbocycles. The Kier molecular flexibility index (Phi) is 5.63. The van der Waals surface area contributed by atoms with E-state index in [4.69, 9.17) is 9.15 Å². The van der Waals surface area contributed by atoms with Gasteiger partial charge in [-0.2, -0.15) is 4.98 Å². The second-order valence-corrected chi connectivity index (χ2v) is 7.50. The van der Waals surface area contributed by atoms with E-state index in [1.165, 1.54) is 6.08 Å². The summed E-state index contributed by atoms with van der Waals surface area (Å²) in [5.74, 6) is 0.945. The number of amides is 1. The van der Waals surface area contributed by atoms with E-state index < -0.39 is 0 Å². The molecule has 0 bridgehead atoms. The highest BCUT2D eigenvalue weighted by molar-refractivity contribution is 9.10. The van der Waals surface area contributed by atoms with Crippen molar-refractivity contribution in [3.8, 4) is 17.2 Å². The van der Waals surface area contributed by atoms with Gasteiger partial charge in [-0.1, -0.05) is 15.9 Å². The lowest BCUT2D eigenvalue weighted by molar-refractivity contribution is -0.111. The molecule has 150 valence electrons. The fourth-order valence-electron chi connectivity index (χ4n) is 3.00. The van der Waals surface area contributed by atoms with Crippen LogP contribution in [-0.2, 0) is 4.79 Å². The molecule has 2 aromatic heterocycles. The summed E-state index contributed by atoms with van der Waals surface area (Å²) >= 11 is 3.43. The third-order valence-corrected chi connectivity index (χ3v) is 5.00. The number of carbonyl (C=O) groups excluding carboxylic acids is 1. The average molecular weight is 464 g/mol. The lowest BCUT2D eigenvalue weighted by atomic mass is 10.1. The number of nitrogens with zero attached hydrogens (tertiary/aromatic N) is 2. The number of aromatic nitrogens is 2. The Balaban J connectivity index is 1.51. The summed E-state index contributed by atoms with van der Waals surface area (Å²) in [6.07, 6.45) is 4.87. The average Bonchev–Trinajstić information content (AvgIpc) is 3.18. The molecule has 2 heterocycles.